The summed E-state index contributed by atoms with van der Waals surface area (Å²) >= 11 is 0. The molecule has 0 aromatic carbocycles. The van der Waals surface area contributed by atoms with E-state index in [0.29, 0.717) is 0 Å². The first-order valence-electron chi connectivity index (χ1n) is 3.01. The summed E-state index contributed by atoms with van der Waals surface area (Å²) in [6.07, 6.45) is -5.82. The van der Waals surface area contributed by atoms with Crippen molar-refractivity contribution in [3.8, 4) is 0 Å². The summed E-state index contributed by atoms with van der Waals surface area (Å²) < 4.78 is 96.2. The van der Waals surface area contributed by atoms with Crippen LogP contribution in [0.5, 0.6) is 0 Å². The van der Waals surface area contributed by atoms with Crippen LogP contribution in [0, 0.1) is 0 Å². The van der Waals surface area contributed by atoms with E-state index in [1.165, 1.54) is 0 Å². The second-order valence-corrected chi connectivity index (χ2v) is 2.39. The molecule has 0 saturated carbocycles. The van der Waals surface area contributed by atoms with E-state index in [-0.39, 0.29) is 0 Å². The van der Waals surface area contributed by atoms with Crippen molar-refractivity contribution in [1.29, 1.82) is 0 Å². The van der Waals surface area contributed by atoms with Gasteiger partial charge in [0.25, 0.3) is 0 Å². The molecule has 0 bridgehead atoms. The van der Waals surface area contributed by atoms with Crippen molar-refractivity contribution in [3.05, 3.63) is 23.1 Å². The van der Waals surface area contributed by atoms with Crippen molar-refractivity contribution in [3.63, 3.8) is 0 Å². The van der Waals surface area contributed by atoms with E-state index in [1.807, 2.05) is 0 Å². The largest absolute Gasteiger partial charge is 0.421 e. The molecule has 0 N–H and O–H groups in total. The van der Waals surface area contributed by atoms with Gasteiger partial charge in [-0.15, -0.1) is 0 Å². The third-order valence-electron chi connectivity index (χ3n) is 1.48. The fraction of sp³-hybridized carbons (Fsp3) is 0.333. The van der Waals surface area contributed by atoms with Gasteiger partial charge >= 0.3 is 12.1 Å². The SMILES string of the molecule is FC1=C(F)C(F)(F)C(C(F)(F)F)=C1F. The Labute approximate surface area is 71.5 Å². The topological polar surface area (TPSA) is 0 Å². The van der Waals surface area contributed by atoms with Gasteiger partial charge in [0.05, 0.1) is 0 Å². The minimum atomic E-state index is -5.82. The second-order valence-electron chi connectivity index (χ2n) is 2.39. The predicted octanol–water partition coefficient (Wildman–Crippen LogP) is 3.57. The molecule has 0 spiro atoms. The Morgan fingerprint density at radius 1 is 0.857 bits per heavy atom. The smallest absolute Gasteiger partial charge is 0.203 e. The summed E-state index contributed by atoms with van der Waals surface area (Å²) in [5.74, 6) is -14.0. The van der Waals surface area contributed by atoms with E-state index < -0.39 is 35.2 Å². The van der Waals surface area contributed by atoms with Crippen molar-refractivity contribution in [2.45, 2.75) is 12.1 Å². The third-order valence-corrected chi connectivity index (χ3v) is 1.48. The fourth-order valence-electron chi connectivity index (χ4n) is 0.894. The minimum absolute atomic E-state index is 2.80. The highest BCUT2D eigenvalue weighted by Gasteiger charge is 2.61. The van der Waals surface area contributed by atoms with E-state index in [9.17, 15) is 35.1 Å². The van der Waals surface area contributed by atoms with Gasteiger partial charge < -0.3 is 0 Å². The molecule has 0 unspecified atom stereocenters. The van der Waals surface area contributed by atoms with Crippen molar-refractivity contribution in [1.82, 2.24) is 0 Å². The fourth-order valence-corrected chi connectivity index (χ4v) is 0.894. The lowest BCUT2D eigenvalue weighted by Crippen LogP contribution is -2.28. The van der Waals surface area contributed by atoms with Gasteiger partial charge in [0, 0.05) is 0 Å². The van der Waals surface area contributed by atoms with Crippen LogP contribution in [0.3, 0.4) is 0 Å². The Hall–Kier alpha value is -1.08. The molecule has 80 valence electrons. The summed E-state index contributed by atoms with van der Waals surface area (Å²) in [5, 5.41) is 0. The molecule has 0 aromatic rings. The number of rotatable bonds is 0. The van der Waals surface area contributed by atoms with Gasteiger partial charge in [-0.1, -0.05) is 0 Å². The van der Waals surface area contributed by atoms with Gasteiger partial charge in [-0.3, -0.25) is 0 Å². The number of allylic oxidation sites excluding steroid dienone is 4. The molecule has 0 heterocycles. The minimum Gasteiger partial charge on any atom is -0.203 e. The zero-order valence-corrected chi connectivity index (χ0v) is 6.02. The molecule has 0 amide bonds. The standard InChI is InChI=1S/C6F8/c7-1-2(8)4(9)5(10,11)3(1)6(12,13)14. The first-order chi connectivity index (χ1) is 6.10. The Morgan fingerprint density at radius 3 is 1.43 bits per heavy atom. The molecule has 0 aliphatic heterocycles. The van der Waals surface area contributed by atoms with Crippen molar-refractivity contribution >= 4 is 0 Å². The zero-order valence-electron chi connectivity index (χ0n) is 6.02. The van der Waals surface area contributed by atoms with E-state index in [2.05, 4.69) is 0 Å². The Bertz CT molecular complexity index is 330. The van der Waals surface area contributed by atoms with Gasteiger partial charge in [-0.05, 0) is 0 Å². The molecular formula is C6F8. The molecule has 14 heavy (non-hydrogen) atoms. The van der Waals surface area contributed by atoms with E-state index >= 15 is 0 Å². The zero-order chi connectivity index (χ0) is 11.3. The highest BCUT2D eigenvalue weighted by atomic mass is 19.4. The van der Waals surface area contributed by atoms with E-state index in [1.54, 1.807) is 0 Å². The highest BCUT2D eigenvalue weighted by Crippen LogP contribution is 2.52. The molecule has 0 nitrogen and oxygen atoms in total. The summed E-state index contributed by atoms with van der Waals surface area (Å²) in [5.41, 5.74) is -3.14. The molecule has 0 radical (unpaired) electrons. The van der Waals surface area contributed by atoms with Gasteiger partial charge in [-0.25, -0.2) is 13.2 Å². The maximum Gasteiger partial charge on any atom is 0.421 e. The van der Waals surface area contributed by atoms with Crippen LogP contribution in [-0.2, 0) is 0 Å². The quantitative estimate of drug-likeness (QED) is 0.551. The Morgan fingerprint density at radius 2 is 1.29 bits per heavy atom. The molecule has 0 atom stereocenters. The predicted molar refractivity (Wildman–Crippen MR) is 28.4 cm³/mol. The first kappa shape index (κ1) is 11.0. The average Bonchev–Trinajstić information content (AvgIpc) is 2.10. The van der Waals surface area contributed by atoms with Crippen LogP contribution < -0.4 is 0 Å². The summed E-state index contributed by atoms with van der Waals surface area (Å²) in [6, 6.07) is 0. The van der Waals surface area contributed by atoms with Crippen LogP contribution in [0.4, 0.5) is 35.1 Å². The van der Waals surface area contributed by atoms with Crippen LogP contribution in [0.25, 0.3) is 0 Å². The van der Waals surface area contributed by atoms with Gasteiger partial charge in [0.2, 0.25) is 5.83 Å². The average molecular weight is 224 g/mol. The maximum absolute atomic E-state index is 12.3. The summed E-state index contributed by atoms with van der Waals surface area (Å²) in [7, 11) is 0. The lowest BCUT2D eigenvalue weighted by molar-refractivity contribution is -0.125. The molecular weight excluding hydrogens is 224 g/mol. The molecule has 1 rings (SSSR count). The monoisotopic (exact) mass is 224 g/mol. The number of hydrogen-bond donors (Lipinski definition) is 0. The molecule has 0 aromatic heterocycles. The lowest BCUT2D eigenvalue weighted by Gasteiger charge is -2.15. The van der Waals surface area contributed by atoms with Gasteiger partial charge in [-0.2, -0.15) is 22.0 Å². The van der Waals surface area contributed by atoms with Crippen molar-refractivity contribution in [2.75, 3.05) is 0 Å². The molecule has 8 heteroatoms. The second kappa shape index (κ2) is 2.71. The molecule has 1 aliphatic rings. The number of alkyl halides is 5. The summed E-state index contributed by atoms with van der Waals surface area (Å²) in [4.78, 5) is 0. The lowest BCUT2D eigenvalue weighted by atomic mass is 10.1. The number of hydrogen-bond acceptors (Lipinski definition) is 0. The summed E-state index contributed by atoms with van der Waals surface area (Å²) in [6.45, 7) is 0. The first-order valence-corrected chi connectivity index (χ1v) is 3.01. The van der Waals surface area contributed by atoms with Crippen LogP contribution in [0.2, 0.25) is 0 Å². The number of halogens is 8. The van der Waals surface area contributed by atoms with Crippen molar-refractivity contribution < 1.29 is 35.1 Å². The highest BCUT2D eigenvalue weighted by molar-refractivity contribution is 5.47. The van der Waals surface area contributed by atoms with Crippen LogP contribution in [0.1, 0.15) is 0 Å². The third kappa shape index (κ3) is 1.28. The van der Waals surface area contributed by atoms with E-state index in [4.69, 9.17) is 0 Å². The Balaban J connectivity index is 3.37. The molecule has 1 aliphatic carbocycles. The van der Waals surface area contributed by atoms with Gasteiger partial charge in [0.1, 0.15) is 5.57 Å². The Kier molecular flexibility index (Phi) is 2.13. The normalized spacial score (nSPS) is 22.3. The van der Waals surface area contributed by atoms with Gasteiger partial charge in [0.15, 0.2) is 11.7 Å². The van der Waals surface area contributed by atoms with E-state index in [0.717, 1.165) is 0 Å². The van der Waals surface area contributed by atoms with Crippen LogP contribution >= 0.6 is 0 Å². The van der Waals surface area contributed by atoms with Crippen molar-refractivity contribution in [2.24, 2.45) is 0 Å². The maximum atomic E-state index is 12.3. The van der Waals surface area contributed by atoms with Crippen LogP contribution in [0.15, 0.2) is 23.1 Å². The van der Waals surface area contributed by atoms with Crippen LogP contribution in [-0.4, -0.2) is 12.1 Å². The molecule has 0 fully saturated rings. The molecule has 0 saturated heterocycles.